The molecule has 0 aliphatic carbocycles. The van der Waals surface area contributed by atoms with Gasteiger partial charge in [-0.1, -0.05) is 12.1 Å². The first-order valence-corrected chi connectivity index (χ1v) is 18.3. The number of fused-ring (bicyclic) bond motifs is 1. The number of aryl methyl sites for hydroxylation is 1. The zero-order valence-electron chi connectivity index (χ0n) is 29.0. The Morgan fingerprint density at radius 2 is 1.83 bits per heavy atom. The third-order valence-electron chi connectivity index (χ3n) is 9.62. The molecule has 4 aromatic rings. The highest BCUT2D eigenvalue weighted by Gasteiger charge is 2.27. The summed E-state index contributed by atoms with van der Waals surface area (Å²) in [7, 11) is 1.96. The average Bonchev–Trinajstić information content (AvgIpc) is 3.46. The molecule has 2 saturated heterocycles. The van der Waals surface area contributed by atoms with E-state index in [-0.39, 0.29) is 42.4 Å². The van der Waals surface area contributed by atoms with Crippen LogP contribution in [0.1, 0.15) is 49.1 Å². The Hall–Kier alpha value is -4.61. The largest absolute Gasteiger partial charge is 0.432 e. The molecule has 6 rings (SSSR count). The Morgan fingerprint density at radius 3 is 2.50 bits per heavy atom. The van der Waals surface area contributed by atoms with Crippen LogP contribution in [0.25, 0.3) is 10.9 Å². The number of nitrogens with zero attached hydrogens (tertiary/aromatic N) is 7. The molecule has 4 heterocycles. The van der Waals surface area contributed by atoms with E-state index in [2.05, 4.69) is 35.3 Å². The van der Waals surface area contributed by atoms with Gasteiger partial charge in [-0.25, -0.2) is 22.9 Å². The summed E-state index contributed by atoms with van der Waals surface area (Å²) in [6.45, 7) is 0.636. The third kappa shape index (κ3) is 8.87. The number of piperidine rings is 2. The minimum absolute atomic E-state index is 0.0242. The van der Waals surface area contributed by atoms with Crippen LogP contribution in [0.3, 0.4) is 0 Å². The number of alkyl halides is 2. The number of carbonyl (C=O) groups excluding carboxylic acids is 2. The van der Waals surface area contributed by atoms with Gasteiger partial charge < -0.3 is 15.4 Å². The van der Waals surface area contributed by atoms with Crippen molar-refractivity contribution in [1.82, 2.24) is 34.3 Å². The Morgan fingerprint density at radius 1 is 1.10 bits per heavy atom. The summed E-state index contributed by atoms with van der Waals surface area (Å²) in [5, 5.41) is 10.7. The van der Waals surface area contributed by atoms with Gasteiger partial charge in [-0.2, -0.15) is 13.9 Å². The summed E-state index contributed by atoms with van der Waals surface area (Å²) >= 11 is 0. The number of nitrogens with one attached hydrogen (secondary N) is 2. The van der Waals surface area contributed by atoms with Crippen molar-refractivity contribution >= 4 is 46.0 Å². The second-order valence-corrected chi connectivity index (χ2v) is 14.5. The lowest BCUT2D eigenvalue weighted by molar-refractivity contribution is -0.120. The van der Waals surface area contributed by atoms with E-state index in [1.54, 1.807) is 11.7 Å². The van der Waals surface area contributed by atoms with Gasteiger partial charge in [0.1, 0.15) is 16.8 Å². The number of halogens is 3. The first-order chi connectivity index (χ1) is 25.1. The fourth-order valence-electron chi connectivity index (χ4n) is 6.82. The Kier molecular flexibility index (Phi) is 12.0. The van der Waals surface area contributed by atoms with Gasteiger partial charge in [0, 0.05) is 58.1 Å². The highest BCUT2D eigenvalue weighted by atomic mass is 32.2. The van der Waals surface area contributed by atoms with Gasteiger partial charge in [0.15, 0.2) is 11.6 Å². The second-order valence-electron chi connectivity index (χ2n) is 13.0. The van der Waals surface area contributed by atoms with E-state index in [1.165, 1.54) is 30.4 Å². The SMILES string of the molecule is CNC(=O)CCN(C=O)c1nn(C)c2cc(C3CCN(Cc4cccc(S(=O)N5CCC(Nc6ncc(OC(F)F)cn6)CC5)c4)CC3)c(F)cc12. The van der Waals surface area contributed by atoms with Gasteiger partial charge >= 0.3 is 6.61 Å². The van der Waals surface area contributed by atoms with Crippen LogP contribution in [0.15, 0.2) is 53.7 Å². The summed E-state index contributed by atoms with van der Waals surface area (Å²) in [6.07, 6.45) is 6.08. The van der Waals surface area contributed by atoms with E-state index < -0.39 is 17.6 Å². The van der Waals surface area contributed by atoms with Crippen molar-refractivity contribution in [3.8, 4) is 5.75 Å². The van der Waals surface area contributed by atoms with Crippen LogP contribution in [0.4, 0.5) is 24.9 Å². The highest BCUT2D eigenvalue weighted by Crippen LogP contribution is 2.35. The molecular weight excluding hydrogens is 700 g/mol. The van der Waals surface area contributed by atoms with Gasteiger partial charge in [-0.3, -0.25) is 24.1 Å². The van der Waals surface area contributed by atoms with Crippen LogP contribution in [-0.4, -0.2) is 97.9 Å². The first kappa shape index (κ1) is 37.2. The number of ether oxygens (including phenoxy) is 1. The van der Waals surface area contributed by atoms with Gasteiger partial charge in [0.05, 0.1) is 22.8 Å². The summed E-state index contributed by atoms with van der Waals surface area (Å²) in [5.41, 5.74) is 2.41. The quantitative estimate of drug-likeness (QED) is 0.183. The smallest absolute Gasteiger partial charge is 0.387 e. The summed E-state index contributed by atoms with van der Waals surface area (Å²) in [6, 6.07) is 11.2. The molecule has 52 heavy (non-hydrogen) atoms. The monoisotopic (exact) mass is 741 g/mol. The van der Waals surface area contributed by atoms with Crippen molar-refractivity contribution in [3.05, 3.63) is 65.7 Å². The number of anilines is 2. The molecule has 2 aromatic carbocycles. The predicted molar refractivity (Wildman–Crippen MR) is 190 cm³/mol. The molecule has 0 radical (unpaired) electrons. The lowest BCUT2D eigenvalue weighted by Gasteiger charge is -2.33. The molecule has 0 bridgehead atoms. The Balaban J connectivity index is 1.01. The van der Waals surface area contributed by atoms with Crippen molar-refractivity contribution < 1.29 is 31.7 Å². The van der Waals surface area contributed by atoms with Gasteiger partial charge in [0.2, 0.25) is 18.3 Å². The average molecular weight is 742 g/mol. The number of benzene rings is 2. The molecule has 1 unspecified atom stereocenters. The fraction of sp³-hybridized carbons (Fsp3) is 0.457. The molecule has 0 spiro atoms. The number of amides is 2. The molecule has 2 N–H and O–H groups in total. The molecule has 2 aromatic heterocycles. The minimum atomic E-state index is -2.94. The van der Waals surface area contributed by atoms with Crippen molar-refractivity contribution in [1.29, 1.82) is 0 Å². The molecular formula is C35H42F3N9O4S. The fourth-order valence-corrected chi connectivity index (χ4v) is 8.11. The first-order valence-electron chi connectivity index (χ1n) is 17.2. The summed E-state index contributed by atoms with van der Waals surface area (Å²) in [5.74, 6) is 0.0211. The van der Waals surface area contributed by atoms with Crippen LogP contribution in [-0.2, 0) is 34.2 Å². The van der Waals surface area contributed by atoms with E-state index in [0.717, 1.165) is 41.9 Å². The summed E-state index contributed by atoms with van der Waals surface area (Å²) < 4.78 is 61.8. The topological polar surface area (TPSA) is 138 Å². The number of hydrogen-bond acceptors (Lipinski definition) is 9. The van der Waals surface area contributed by atoms with Crippen LogP contribution < -0.4 is 20.3 Å². The van der Waals surface area contributed by atoms with E-state index in [0.29, 0.717) is 61.6 Å². The predicted octanol–water partition coefficient (Wildman–Crippen LogP) is 4.18. The summed E-state index contributed by atoms with van der Waals surface area (Å²) in [4.78, 5) is 36.1. The lowest BCUT2D eigenvalue weighted by atomic mass is 9.88. The van der Waals surface area contributed by atoms with Crippen LogP contribution in [0, 0.1) is 5.82 Å². The van der Waals surface area contributed by atoms with E-state index in [1.807, 2.05) is 34.6 Å². The zero-order valence-corrected chi connectivity index (χ0v) is 29.8. The van der Waals surface area contributed by atoms with Crippen LogP contribution in [0.5, 0.6) is 5.75 Å². The number of carbonyl (C=O) groups is 2. The Bertz CT molecular complexity index is 1880. The molecule has 2 amide bonds. The highest BCUT2D eigenvalue weighted by molar-refractivity contribution is 7.82. The van der Waals surface area contributed by atoms with E-state index in [4.69, 9.17) is 0 Å². The van der Waals surface area contributed by atoms with Crippen molar-refractivity contribution in [2.24, 2.45) is 7.05 Å². The van der Waals surface area contributed by atoms with Crippen LogP contribution in [0.2, 0.25) is 0 Å². The zero-order chi connectivity index (χ0) is 36.8. The number of rotatable bonds is 14. The molecule has 1 atom stereocenters. The second kappa shape index (κ2) is 16.8. The molecule has 2 fully saturated rings. The van der Waals surface area contributed by atoms with Crippen molar-refractivity contribution in [2.45, 2.75) is 62.1 Å². The minimum Gasteiger partial charge on any atom is -0.432 e. The lowest BCUT2D eigenvalue weighted by Crippen LogP contribution is -2.40. The number of aromatic nitrogens is 4. The van der Waals surface area contributed by atoms with Gasteiger partial charge in [0.25, 0.3) is 0 Å². The molecule has 2 aliphatic heterocycles. The standard InChI is InChI=1S/C35H42F3N9O4S/c1-39-32(49)10-13-46(22-48)33-29-17-30(36)28(18-31(29)44(2)43-33)24-6-11-45(12-7-24)21-23-4-3-5-27(16-23)52(50)47-14-8-25(9-15-47)42-35-40-19-26(20-41-35)51-34(37)38/h3-5,16-20,22,24-25,34H,6-15,21H2,1-2H3,(H,39,49)(H,40,41,42). The van der Waals surface area contributed by atoms with Gasteiger partial charge in [-0.15, -0.1) is 0 Å². The maximum absolute atomic E-state index is 15.6. The van der Waals surface area contributed by atoms with E-state index >= 15 is 4.39 Å². The van der Waals surface area contributed by atoms with E-state index in [9.17, 15) is 22.6 Å². The Labute approximate surface area is 302 Å². The molecule has 13 nitrogen and oxygen atoms in total. The van der Waals surface area contributed by atoms with Crippen LogP contribution >= 0.6 is 0 Å². The maximum Gasteiger partial charge on any atom is 0.387 e. The van der Waals surface area contributed by atoms with Crippen molar-refractivity contribution in [3.63, 3.8) is 0 Å². The maximum atomic E-state index is 15.6. The number of hydrogen-bond donors (Lipinski definition) is 2. The van der Waals surface area contributed by atoms with Crippen molar-refractivity contribution in [2.75, 3.05) is 50.0 Å². The third-order valence-corrected chi connectivity index (χ3v) is 11.1. The molecule has 0 saturated carbocycles. The molecule has 17 heteroatoms. The van der Waals surface area contributed by atoms with Gasteiger partial charge in [-0.05, 0) is 80.1 Å². The number of likely N-dealkylation sites (tertiary alicyclic amines) is 1. The normalized spacial score (nSPS) is 17.0. The molecule has 278 valence electrons. The molecule has 2 aliphatic rings.